The van der Waals surface area contributed by atoms with E-state index in [0.29, 0.717) is 6.54 Å². The molecule has 0 bridgehead atoms. The number of fused-ring (bicyclic) bond motifs is 1. The van der Waals surface area contributed by atoms with E-state index in [2.05, 4.69) is 35.2 Å². The lowest BCUT2D eigenvalue weighted by molar-refractivity contribution is 0.236. The molecule has 5 nitrogen and oxygen atoms in total. The van der Waals surface area contributed by atoms with Crippen LogP contribution >= 0.6 is 0 Å². The van der Waals surface area contributed by atoms with Crippen molar-refractivity contribution in [2.75, 3.05) is 13.7 Å². The second-order valence-electron chi connectivity index (χ2n) is 8.76. The molecule has 1 aromatic heterocycles. The van der Waals surface area contributed by atoms with Crippen LogP contribution < -0.4 is 10.3 Å². The number of aromatic nitrogens is 2. The second kappa shape index (κ2) is 9.65. The number of hydrogen-bond donors (Lipinski definition) is 0. The normalized spacial score (nSPS) is 13.6. The summed E-state index contributed by atoms with van der Waals surface area (Å²) >= 11 is 0. The van der Waals surface area contributed by atoms with Crippen LogP contribution in [0.1, 0.15) is 39.8 Å². The monoisotopic (exact) mass is 451 g/mol. The summed E-state index contributed by atoms with van der Waals surface area (Å²) in [5, 5.41) is 0. The molecule has 3 aromatic carbocycles. The number of aryl methyl sites for hydroxylation is 1. The number of hydrogen-bond acceptors (Lipinski definition) is 4. The van der Waals surface area contributed by atoms with E-state index >= 15 is 0 Å². The van der Waals surface area contributed by atoms with Crippen LogP contribution in [0.3, 0.4) is 0 Å². The van der Waals surface area contributed by atoms with E-state index < -0.39 is 0 Å². The van der Waals surface area contributed by atoms with Crippen LogP contribution in [0.5, 0.6) is 5.75 Å². The molecule has 2 heterocycles. The Hall–Kier alpha value is -3.70. The van der Waals surface area contributed by atoms with E-state index in [4.69, 9.17) is 9.72 Å². The van der Waals surface area contributed by atoms with E-state index in [9.17, 15) is 4.79 Å². The molecule has 0 amide bonds. The molecular formula is C29H29N3O2. The number of para-hydroxylation sites is 1. The minimum Gasteiger partial charge on any atom is -0.496 e. The van der Waals surface area contributed by atoms with Gasteiger partial charge in [0.15, 0.2) is 0 Å². The van der Waals surface area contributed by atoms with Gasteiger partial charge in [-0.3, -0.25) is 14.3 Å². The van der Waals surface area contributed by atoms with Gasteiger partial charge >= 0.3 is 0 Å². The van der Waals surface area contributed by atoms with Crippen LogP contribution in [0.4, 0.5) is 0 Å². The molecule has 34 heavy (non-hydrogen) atoms. The van der Waals surface area contributed by atoms with Crippen molar-refractivity contribution < 1.29 is 4.74 Å². The number of methoxy groups -OCH3 is 1. The fourth-order valence-electron chi connectivity index (χ4n) is 4.94. The Morgan fingerprint density at radius 2 is 1.53 bits per heavy atom. The van der Waals surface area contributed by atoms with Crippen LogP contribution in [0, 0.1) is 6.92 Å². The average Bonchev–Trinajstić information content (AvgIpc) is 2.88. The van der Waals surface area contributed by atoms with Gasteiger partial charge in [0.05, 0.1) is 24.4 Å². The van der Waals surface area contributed by atoms with Gasteiger partial charge in [0.2, 0.25) is 0 Å². The maximum Gasteiger partial charge on any atom is 0.259 e. The summed E-state index contributed by atoms with van der Waals surface area (Å²) < 4.78 is 7.41. The first-order chi connectivity index (χ1) is 16.7. The zero-order valence-corrected chi connectivity index (χ0v) is 19.6. The molecule has 0 spiro atoms. The van der Waals surface area contributed by atoms with Crippen LogP contribution in [0.15, 0.2) is 89.7 Å². The van der Waals surface area contributed by atoms with Crippen LogP contribution in [-0.4, -0.2) is 28.1 Å². The summed E-state index contributed by atoms with van der Waals surface area (Å²) in [5.41, 5.74) is 5.04. The molecule has 5 heteroatoms. The van der Waals surface area contributed by atoms with Crippen molar-refractivity contribution in [2.45, 2.75) is 32.5 Å². The smallest absolute Gasteiger partial charge is 0.259 e. The summed E-state index contributed by atoms with van der Waals surface area (Å²) in [6.07, 6.45) is 0.767. The molecule has 5 rings (SSSR count). The Morgan fingerprint density at radius 3 is 2.18 bits per heavy atom. The lowest BCUT2D eigenvalue weighted by atomic mass is 9.97. The molecule has 0 aliphatic carbocycles. The first-order valence-corrected chi connectivity index (χ1v) is 11.7. The summed E-state index contributed by atoms with van der Waals surface area (Å²) in [7, 11) is 1.70. The Morgan fingerprint density at radius 1 is 0.912 bits per heavy atom. The Labute approximate surface area is 200 Å². The Bertz CT molecular complexity index is 1290. The molecule has 0 fully saturated rings. The Kier molecular flexibility index (Phi) is 6.28. The molecule has 172 valence electrons. The lowest BCUT2D eigenvalue weighted by Gasteiger charge is -2.30. The van der Waals surface area contributed by atoms with Gasteiger partial charge in [-0.1, -0.05) is 78.9 Å². The molecule has 1 aliphatic rings. The minimum atomic E-state index is -0.225. The van der Waals surface area contributed by atoms with Crippen LogP contribution in [-0.2, 0) is 19.5 Å². The minimum absolute atomic E-state index is 0.0462. The summed E-state index contributed by atoms with van der Waals surface area (Å²) in [6, 6.07) is 28.3. The summed E-state index contributed by atoms with van der Waals surface area (Å²) in [4.78, 5) is 21.3. The van der Waals surface area contributed by atoms with E-state index in [1.807, 2.05) is 66.1 Å². The third kappa shape index (κ3) is 4.27. The third-order valence-electron chi connectivity index (χ3n) is 6.59. The first-order valence-electron chi connectivity index (χ1n) is 11.7. The molecular weight excluding hydrogens is 422 g/mol. The van der Waals surface area contributed by atoms with Gasteiger partial charge < -0.3 is 4.74 Å². The van der Waals surface area contributed by atoms with Crippen molar-refractivity contribution in [3.05, 3.63) is 129 Å². The topological polar surface area (TPSA) is 47.4 Å². The Balaban J connectivity index is 1.56. The molecule has 0 N–H and O–H groups in total. The van der Waals surface area contributed by atoms with Crippen molar-refractivity contribution in [3.63, 3.8) is 0 Å². The van der Waals surface area contributed by atoms with Crippen molar-refractivity contribution in [2.24, 2.45) is 0 Å². The largest absolute Gasteiger partial charge is 0.496 e. The zero-order chi connectivity index (χ0) is 23.5. The van der Waals surface area contributed by atoms with E-state index in [1.54, 1.807) is 7.11 Å². The molecule has 0 saturated carbocycles. The molecule has 1 aliphatic heterocycles. The van der Waals surface area contributed by atoms with Crippen molar-refractivity contribution in [1.82, 2.24) is 14.5 Å². The van der Waals surface area contributed by atoms with Gasteiger partial charge in [0, 0.05) is 31.6 Å². The molecule has 0 unspecified atom stereocenters. The molecule has 0 atom stereocenters. The fourth-order valence-corrected chi connectivity index (χ4v) is 4.94. The fraction of sp³-hybridized carbons (Fsp3) is 0.241. The molecule has 0 radical (unpaired) electrons. The first kappa shape index (κ1) is 22.1. The highest BCUT2D eigenvalue weighted by Gasteiger charge is 2.27. The van der Waals surface area contributed by atoms with Gasteiger partial charge in [0.25, 0.3) is 5.56 Å². The predicted molar refractivity (Wildman–Crippen MR) is 134 cm³/mol. The van der Waals surface area contributed by atoms with Gasteiger partial charge in [-0.15, -0.1) is 0 Å². The lowest BCUT2D eigenvalue weighted by Crippen LogP contribution is -2.40. The van der Waals surface area contributed by atoms with Gasteiger partial charge in [0.1, 0.15) is 11.6 Å². The van der Waals surface area contributed by atoms with Crippen LogP contribution in [0.2, 0.25) is 0 Å². The van der Waals surface area contributed by atoms with E-state index in [-0.39, 0.29) is 11.6 Å². The standard InChI is InChI=1S/C29H29N3O2/c1-21-30-26-17-18-31(19-24-15-9-10-16-27(24)34-2)20-25(26)29(33)32(21)28(22-11-5-3-6-12-22)23-13-7-4-8-14-23/h3-16,28H,17-20H2,1-2H3. The summed E-state index contributed by atoms with van der Waals surface area (Å²) in [5.74, 6) is 1.63. The number of benzene rings is 3. The maximum absolute atomic E-state index is 14.0. The SMILES string of the molecule is COc1ccccc1CN1CCc2nc(C)n(C(c3ccccc3)c3ccccc3)c(=O)c2C1. The van der Waals surface area contributed by atoms with Gasteiger partial charge in [-0.2, -0.15) is 0 Å². The second-order valence-corrected chi connectivity index (χ2v) is 8.76. The summed E-state index contributed by atoms with van der Waals surface area (Å²) in [6.45, 7) is 4.12. The predicted octanol–water partition coefficient (Wildman–Crippen LogP) is 4.76. The van der Waals surface area contributed by atoms with Crippen LogP contribution in [0.25, 0.3) is 0 Å². The highest BCUT2D eigenvalue weighted by atomic mass is 16.5. The number of rotatable bonds is 6. The molecule has 4 aromatic rings. The highest BCUT2D eigenvalue weighted by Crippen LogP contribution is 2.28. The number of ether oxygens (including phenoxy) is 1. The third-order valence-corrected chi connectivity index (χ3v) is 6.59. The van der Waals surface area contributed by atoms with Gasteiger partial charge in [-0.25, -0.2) is 4.98 Å². The van der Waals surface area contributed by atoms with Crippen molar-refractivity contribution in [3.8, 4) is 5.75 Å². The van der Waals surface area contributed by atoms with Crippen molar-refractivity contribution in [1.29, 1.82) is 0 Å². The number of nitrogens with zero attached hydrogens (tertiary/aromatic N) is 3. The highest BCUT2D eigenvalue weighted by molar-refractivity contribution is 5.36. The quantitative estimate of drug-likeness (QED) is 0.424. The maximum atomic E-state index is 14.0. The van der Waals surface area contributed by atoms with Gasteiger partial charge in [-0.05, 0) is 24.1 Å². The molecule has 0 saturated heterocycles. The zero-order valence-electron chi connectivity index (χ0n) is 19.6. The van der Waals surface area contributed by atoms with E-state index in [0.717, 1.165) is 59.0 Å². The average molecular weight is 452 g/mol. The van der Waals surface area contributed by atoms with Crippen molar-refractivity contribution >= 4 is 0 Å². The van der Waals surface area contributed by atoms with E-state index in [1.165, 1.54) is 0 Å².